The van der Waals surface area contributed by atoms with Gasteiger partial charge in [0.25, 0.3) is 0 Å². The van der Waals surface area contributed by atoms with Crippen molar-refractivity contribution in [2.45, 2.75) is 57.2 Å². The summed E-state index contributed by atoms with van der Waals surface area (Å²) in [5.74, 6) is 0.944. The van der Waals surface area contributed by atoms with Crippen LogP contribution in [0.5, 0.6) is 0 Å². The fourth-order valence-corrected chi connectivity index (χ4v) is 4.98. The average molecular weight is 264 g/mol. The third-order valence-corrected chi connectivity index (χ3v) is 5.67. The van der Waals surface area contributed by atoms with Crippen LogP contribution in [0, 0.1) is 5.92 Å². The zero-order valence-corrected chi connectivity index (χ0v) is 12.0. The van der Waals surface area contributed by atoms with Crippen LogP contribution in [-0.2, 0) is 0 Å². The number of thiophene rings is 1. The average Bonchev–Trinajstić information content (AvgIpc) is 2.98. The molecule has 3 rings (SSSR count). The number of piperidine rings is 1. The molecule has 2 heterocycles. The van der Waals surface area contributed by atoms with E-state index in [4.69, 9.17) is 5.73 Å². The Kier molecular flexibility index (Phi) is 3.73. The summed E-state index contributed by atoms with van der Waals surface area (Å²) in [5, 5.41) is 2.18. The van der Waals surface area contributed by atoms with Crippen molar-refractivity contribution in [2.75, 3.05) is 6.54 Å². The lowest BCUT2D eigenvalue weighted by atomic mass is 9.89. The Bertz CT molecular complexity index is 374. The lowest BCUT2D eigenvalue weighted by Gasteiger charge is -2.44. The predicted molar refractivity (Wildman–Crippen MR) is 77.8 cm³/mol. The first kappa shape index (κ1) is 12.6. The molecule has 1 saturated heterocycles. The second-order valence-corrected chi connectivity index (χ2v) is 6.94. The SMILES string of the molecule is CC(N)C(c1cccs1)N1CCCC2CCCC21. The maximum absolute atomic E-state index is 6.31. The van der Waals surface area contributed by atoms with Crippen LogP contribution in [0.3, 0.4) is 0 Å². The van der Waals surface area contributed by atoms with E-state index in [0.29, 0.717) is 6.04 Å². The van der Waals surface area contributed by atoms with Gasteiger partial charge in [-0.15, -0.1) is 11.3 Å². The summed E-state index contributed by atoms with van der Waals surface area (Å²) >= 11 is 1.87. The molecular weight excluding hydrogens is 240 g/mol. The summed E-state index contributed by atoms with van der Waals surface area (Å²) < 4.78 is 0. The van der Waals surface area contributed by atoms with E-state index in [1.54, 1.807) is 0 Å². The highest BCUT2D eigenvalue weighted by Crippen LogP contribution is 2.42. The highest BCUT2D eigenvalue weighted by atomic mass is 32.1. The maximum Gasteiger partial charge on any atom is 0.0593 e. The fraction of sp³-hybridized carbons (Fsp3) is 0.733. The van der Waals surface area contributed by atoms with Crippen LogP contribution in [0.15, 0.2) is 17.5 Å². The Labute approximate surface area is 114 Å². The van der Waals surface area contributed by atoms with Crippen LogP contribution >= 0.6 is 11.3 Å². The van der Waals surface area contributed by atoms with Gasteiger partial charge in [0.1, 0.15) is 0 Å². The molecule has 3 heteroatoms. The molecule has 100 valence electrons. The Morgan fingerprint density at radius 2 is 2.17 bits per heavy atom. The van der Waals surface area contributed by atoms with Crippen LogP contribution in [0.1, 0.15) is 49.9 Å². The molecule has 1 aromatic heterocycles. The summed E-state index contributed by atoms with van der Waals surface area (Å²) in [4.78, 5) is 4.19. The van der Waals surface area contributed by atoms with Gasteiger partial charge in [0.05, 0.1) is 6.04 Å². The van der Waals surface area contributed by atoms with Gasteiger partial charge in [-0.2, -0.15) is 0 Å². The molecule has 2 fully saturated rings. The van der Waals surface area contributed by atoms with E-state index >= 15 is 0 Å². The number of rotatable bonds is 3. The van der Waals surface area contributed by atoms with Crippen molar-refractivity contribution in [3.05, 3.63) is 22.4 Å². The summed E-state index contributed by atoms with van der Waals surface area (Å²) in [6, 6.07) is 5.89. The predicted octanol–water partition coefficient (Wildman–Crippen LogP) is 3.40. The topological polar surface area (TPSA) is 29.3 Å². The molecule has 18 heavy (non-hydrogen) atoms. The molecule has 2 N–H and O–H groups in total. The van der Waals surface area contributed by atoms with Gasteiger partial charge in [-0.1, -0.05) is 12.5 Å². The molecule has 0 spiro atoms. The molecule has 0 bridgehead atoms. The van der Waals surface area contributed by atoms with Crippen LogP contribution in [0.2, 0.25) is 0 Å². The number of nitrogens with two attached hydrogens (primary N) is 1. The zero-order valence-electron chi connectivity index (χ0n) is 11.2. The molecule has 4 unspecified atom stereocenters. The van der Waals surface area contributed by atoms with Crippen molar-refractivity contribution < 1.29 is 0 Å². The Hall–Kier alpha value is -0.380. The minimum atomic E-state index is 0.225. The van der Waals surface area contributed by atoms with Crippen molar-refractivity contribution in [2.24, 2.45) is 11.7 Å². The van der Waals surface area contributed by atoms with Crippen LogP contribution in [0.4, 0.5) is 0 Å². The van der Waals surface area contributed by atoms with Crippen LogP contribution < -0.4 is 5.73 Å². The number of nitrogens with zero attached hydrogens (tertiary/aromatic N) is 1. The Morgan fingerprint density at radius 3 is 2.89 bits per heavy atom. The molecular formula is C15H24N2S. The minimum Gasteiger partial charge on any atom is -0.326 e. The molecule has 1 aliphatic heterocycles. The highest BCUT2D eigenvalue weighted by Gasteiger charge is 2.39. The quantitative estimate of drug-likeness (QED) is 0.906. The van der Waals surface area contributed by atoms with E-state index in [-0.39, 0.29) is 6.04 Å². The highest BCUT2D eigenvalue weighted by molar-refractivity contribution is 7.10. The van der Waals surface area contributed by atoms with Crippen molar-refractivity contribution in [1.29, 1.82) is 0 Å². The largest absolute Gasteiger partial charge is 0.326 e. The molecule has 2 aliphatic rings. The molecule has 1 saturated carbocycles. The number of hydrogen-bond donors (Lipinski definition) is 1. The fourth-order valence-electron chi connectivity index (χ4n) is 4.02. The first-order valence-electron chi connectivity index (χ1n) is 7.32. The third-order valence-electron chi connectivity index (χ3n) is 4.73. The minimum absolute atomic E-state index is 0.225. The lowest BCUT2D eigenvalue weighted by molar-refractivity contribution is 0.0587. The standard InChI is InChI=1S/C15H24N2S/c1-11(16)15(14-8-4-10-18-14)17-9-3-6-12-5-2-7-13(12)17/h4,8,10-13,15H,2-3,5-7,9,16H2,1H3. The Morgan fingerprint density at radius 1 is 1.33 bits per heavy atom. The smallest absolute Gasteiger partial charge is 0.0593 e. The first-order valence-corrected chi connectivity index (χ1v) is 8.20. The van der Waals surface area contributed by atoms with Gasteiger partial charge < -0.3 is 5.73 Å². The monoisotopic (exact) mass is 264 g/mol. The van der Waals surface area contributed by atoms with E-state index in [9.17, 15) is 0 Å². The Balaban J connectivity index is 1.85. The molecule has 0 aromatic carbocycles. The summed E-state index contributed by atoms with van der Waals surface area (Å²) in [7, 11) is 0. The van der Waals surface area contributed by atoms with Gasteiger partial charge in [-0.3, -0.25) is 4.90 Å². The van der Waals surface area contributed by atoms with Crippen molar-refractivity contribution in [3.8, 4) is 0 Å². The third kappa shape index (κ3) is 2.24. The number of hydrogen-bond acceptors (Lipinski definition) is 3. The molecule has 0 amide bonds. The van der Waals surface area contributed by atoms with Gasteiger partial charge in [0.2, 0.25) is 0 Å². The molecule has 0 radical (unpaired) electrons. The summed E-state index contributed by atoms with van der Waals surface area (Å²) in [6.07, 6.45) is 7.05. The van der Waals surface area contributed by atoms with E-state index in [1.165, 1.54) is 43.5 Å². The van der Waals surface area contributed by atoms with Crippen LogP contribution in [0.25, 0.3) is 0 Å². The van der Waals surface area contributed by atoms with E-state index in [0.717, 1.165) is 12.0 Å². The van der Waals surface area contributed by atoms with Crippen LogP contribution in [-0.4, -0.2) is 23.5 Å². The first-order chi connectivity index (χ1) is 8.77. The van der Waals surface area contributed by atoms with Gasteiger partial charge in [0, 0.05) is 17.0 Å². The lowest BCUT2D eigenvalue weighted by Crippen LogP contribution is -2.49. The molecule has 2 nitrogen and oxygen atoms in total. The zero-order chi connectivity index (χ0) is 12.5. The van der Waals surface area contributed by atoms with Gasteiger partial charge in [0.15, 0.2) is 0 Å². The summed E-state index contributed by atoms with van der Waals surface area (Å²) in [5.41, 5.74) is 6.31. The number of likely N-dealkylation sites (tertiary alicyclic amines) is 1. The van der Waals surface area contributed by atoms with Gasteiger partial charge in [-0.25, -0.2) is 0 Å². The maximum atomic E-state index is 6.31. The molecule has 1 aromatic rings. The van der Waals surface area contributed by atoms with E-state index < -0.39 is 0 Å². The number of fused-ring (bicyclic) bond motifs is 1. The van der Waals surface area contributed by atoms with E-state index in [1.807, 2.05) is 11.3 Å². The summed E-state index contributed by atoms with van der Waals surface area (Å²) in [6.45, 7) is 3.41. The molecule has 4 atom stereocenters. The van der Waals surface area contributed by atoms with Crippen molar-refractivity contribution >= 4 is 11.3 Å². The van der Waals surface area contributed by atoms with Gasteiger partial charge in [-0.05, 0) is 56.5 Å². The second-order valence-electron chi connectivity index (χ2n) is 5.96. The van der Waals surface area contributed by atoms with Crippen molar-refractivity contribution in [1.82, 2.24) is 4.90 Å². The molecule has 1 aliphatic carbocycles. The van der Waals surface area contributed by atoms with Gasteiger partial charge >= 0.3 is 0 Å². The van der Waals surface area contributed by atoms with E-state index in [2.05, 4.69) is 29.3 Å². The normalized spacial score (nSPS) is 32.1. The van der Waals surface area contributed by atoms with Crippen molar-refractivity contribution in [3.63, 3.8) is 0 Å². The second kappa shape index (κ2) is 5.32.